The van der Waals surface area contributed by atoms with Crippen molar-refractivity contribution in [3.63, 3.8) is 0 Å². The zero-order valence-corrected chi connectivity index (χ0v) is 14.8. The van der Waals surface area contributed by atoms with E-state index >= 15 is 0 Å². The van der Waals surface area contributed by atoms with Gasteiger partial charge in [0.25, 0.3) is 5.89 Å². The zero-order valence-electron chi connectivity index (χ0n) is 12.3. The molecule has 22 heavy (non-hydrogen) atoms. The molecule has 0 amide bonds. The zero-order chi connectivity index (χ0) is 15.5. The highest BCUT2D eigenvalue weighted by molar-refractivity contribution is 8.02. The largest absolute Gasteiger partial charge is 0.466 e. The second-order valence-electron chi connectivity index (χ2n) is 4.38. The van der Waals surface area contributed by atoms with E-state index in [1.54, 1.807) is 34.9 Å². The van der Waals surface area contributed by atoms with Crippen LogP contribution in [0.5, 0.6) is 0 Å². The Hall–Kier alpha value is -1.32. The quantitative estimate of drug-likeness (QED) is 0.609. The molecule has 0 fully saturated rings. The summed E-state index contributed by atoms with van der Waals surface area (Å²) in [4.78, 5) is 0. The Bertz CT molecular complexity index is 765. The molecule has 9 heteroatoms. The molecule has 0 unspecified atom stereocenters. The van der Waals surface area contributed by atoms with E-state index in [0.717, 1.165) is 31.5 Å². The molecule has 0 spiro atoms. The van der Waals surface area contributed by atoms with E-state index in [1.165, 1.54) is 0 Å². The first-order chi connectivity index (χ1) is 10.7. The van der Waals surface area contributed by atoms with Gasteiger partial charge in [0.1, 0.15) is 11.5 Å². The van der Waals surface area contributed by atoms with E-state index in [-0.39, 0.29) is 0 Å². The first kappa shape index (κ1) is 15.6. The fourth-order valence-electron chi connectivity index (χ4n) is 1.82. The summed E-state index contributed by atoms with van der Waals surface area (Å²) >= 11 is 4.83. The predicted octanol–water partition coefficient (Wildman–Crippen LogP) is 4.20. The third kappa shape index (κ3) is 3.53. The average Bonchev–Trinajstić information content (AvgIpc) is 3.17. The van der Waals surface area contributed by atoms with Gasteiger partial charge in [0, 0.05) is 0 Å². The third-order valence-electron chi connectivity index (χ3n) is 2.71. The Morgan fingerprint density at radius 3 is 2.50 bits per heavy atom. The number of furan rings is 1. The van der Waals surface area contributed by atoms with Crippen LogP contribution in [0.15, 0.2) is 23.6 Å². The van der Waals surface area contributed by atoms with Crippen molar-refractivity contribution < 1.29 is 8.83 Å². The summed E-state index contributed by atoms with van der Waals surface area (Å²) in [5.41, 5.74) is 0.846. The SMILES string of the molecule is CCSc1nnc(SCc2nnc(-c3cc(C)oc3C)o2)s1. The number of aromatic nitrogens is 4. The Morgan fingerprint density at radius 1 is 1.05 bits per heavy atom. The van der Waals surface area contributed by atoms with Gasteiger partial charge in [0.2, 0.25) is 5.89 Å². The molecule has 0 aliphatic carbocycles. The Kier molecular flexibility index (Phi) is 4.84. The topological polar surface area (TPSA) is 77.8 Å². The molecule has 0 radical (unpaired) electrons. The van der Waals surface area contributed by atoms with E-state index in [9.17, 15) is 0 Å². The van der Waals surface area contributed by atoms with Gasteiger partial charge < -0.3 is 8.83 Å². The first-order valence-electron chi connectivity index (χ1n) is 6.64. The maximum atomic E-state index is 5.69. The van der Waals surface area contributed by atoms with Crippen molar-refractivity contribution in [2.75, 3.05) is 5.75 Å². The third-order valence-corrected chi connectivity index (χ3v) is 5.77. The number of thioether (sulfide) groups is 2. The molecule has 0 aromatic carbocycles. The van der Waals surface area contributed by atoms with Crippen molar-refractivity contribution in [3.05, 3.63) is 23.5 Å². The van der Waals surface area contributed by atoms with Crippen LogP contribution in [0.1, 0.15) is 24.3 Å². The normalized spacial score (nSPS) is 11.2. The van der Waals surface area contributed by atoms with Crippen molar-refractivity contribution in [1.82, 2.24) is 20.4 Å². The van der Waals surface area contributed by atoms with E-state index in [1.807, 2.05) is 19.9 Å². The fourth-order valence-corrected chi connectivity index (χ4v) is 4.58. The number of hydrogen-bond donors (Lipinski definition) is 0. The fraction of sp³-hybridized carbons (Fsp3) is 0.385. The van der Waals surface area contributed by atoms with Crippen molar-refractivity contribution >= 4 is 34.9 Å². The van der Waals surface area contributed by atoms with Crippen LogP contribution in [-0.2, 0) is 5.75 Å². The lowest BCUT2D eigenvalue weighted by Crippen LogP contribution is -1.80. The van der Waals surface area contributed by atoms with Gasteiger partial charge in [0.05, 0.1) is 11.3 Å². The molecule has 3 rings (SSSR count). The molecule has 0 bridgehead atoms. The van der Waals surface area contributed by atoms with Crippen LogP contribution in [0.3, 0.4) is 0 Å². The van der Waals surface area contributed by atoms with Gasteiger partial charge >= 0.3 is 0 Å². The minimum Gasteiger partial charge on any atom is -0.466 e. The lowest BCUT2D eigenvalue weighted by atomic mass is 10.2. The second-order valence-corrected chi connectivity index (χ2v) is 8.09. The van der Waals surface area contributed by atoms with Crippen LogP contribution < -0.4 is 0 Å². The Labute approximate surface area is 140 Å². The molecule has 0 aliphatic heterocycles. The standard InChI is InChI=1S/C13H14N4O2S3/c1-4-20-12-16-17-13(22-12)21-6-10-14-15-11(19-10)9-5-7(2)18-8(9)3/h5H,4,6H2,1-3H3. The molecule has 3 heterocycles. The summed E-state index contributed by atoms with van der Waals surface area (Å²) in [6.07, 6.45) is 0. The second kappa shape index (κ2) is 6.84. The monoisotopic (exact) mass is 354 g/mol. The van der Waals surface area contributed by atoms with Gasteiger partial charge in [-0.2, -0.15) is 0 Å². The number of hydrogen-bond acceptors (Lipinski definition) is 9. The molecule has 6 nitrogen and oxygen atoms in total. The van der Waals surface area contributed by atoms with Crippen LogP contribution in [0.4, 0.5) is 0 Å². The van der Waals surface area contributed by atoms with Gasteiger partial charge in [-0.3, -0.25) is 0 Å². The van der Waals surface area contributed by atoms with Gasteiger partial charge in [-0.05, 0) is 25.7 Å². The molecule has 0 saturated heterocycles. The average molecular weight is 354 g/mol. The summed E-state index contributed by atoms with van der Waals surface area (Å²) in [5, 5.41) is 16.4. The van der Waals surface area contributed by atoms with Crippen molar-refractivity contribution in [3.8, 4) is 11.5 Å². The minimum absolute atomic E-state index is 0.490. The minimum atomic E-state index is 0.490. The number of aryl methyl sites for hydroxylation is 2. The smallest absolute Gasteiger partial charge is 0.251 e. The van der Waals surface area contributed by atoms with Crippen molar-refractivity contribution in [1.29, 1.82) is 0 Å². The van der Waals surface area contributed by atoms with E-state index in [4.69, 9.17) is 8.83 Å². The lowest BCUT2D eigenvalue weighted by molar-refractivity contribution is 0.499. The summed E-state index contributed by atoms with van der Waals surface area (Å²) in [7, 11) is 0. The maximum absolute atomic E-state index is 5.69. The summed E-state index contributed by atoms with van der Waals surface area (Å²) in [5.74, 6) is 4.24. The van der Waals surface area contributed by atoms with E-state index in [2.05, 4.69) is 27.3 Å². The molecular weight excluding hydrogens is 340 g/mol. The Morgan fingerprint density at radius 2 is 1.82 bits per heavy atom. The molecule has 0 saturated carbocycles. The summed E-state index contributed by atoms with van der Waals surface area (Å²) in [6, 6.07) is 1.90. The van der Waals surface area contributed by atoms with Gasteiger partial charge in [-0.1, -0.05) is 41.8 Å². The Balaban J connectivity index is 1.65. The molecule has 0 aliphatic rings. The van der Waals surface area contributed by atoms with Crippen LogP contribution in [0.25, 0.3) is 11.5 Å². The lowest BCUT2D eigenvalue weighted by Gasteiger charge is -1.91. The van der Waals surface area contributed by atoms with Crippen LogP contribution in [0.2, 0.25) is 0 Å². The van der Waals surface area contributed by atoms with Crippen LogP contribution in [-0.4, -0.2) is 26.1 Å². The van der Waals surface area contributed by atoms with Crippen LogP contribution in [0, 0.1) is 13.8 Å². The maximum Gasteiger partial charge on any atom is 0.251 e. The molecule has 0 atom stereocenters. The van der Waals surface area contributed by atoms with E-state index < -0.39 is 0 Å². The van der Waals surface area contributed by atoms with E-state index in [0.29, 0.717) is 17.5 Å². The molecule has 3 aromatic rings. The highest BCUT2D eigenvalue weighted by atomic mass is 32.2. The van der Waals surface area contributed by atoms with Gasteiger partial charge in [0.15, 0.2) is 8.68 Å². The molecule has 116 valence electrons. The number of nitrogens with zero attached hydrogens (tertiary/aromatic N) is 4. The summed E-state index contributed by atoms with van der Waals surface area (Å²) < 4.78 is 13.1. The predicted molar refractivity (Wildman–Crippen MR) is 87.3 cm³/mol. The molecular formula is C13H14N4O2S3. The van der Waals surface area contributed by atoms with Crippen LogP contribution >= 0.6 is 34.9 Å². The van der Waals surface area contributed by atoms with Gasteiger partial charge in [-0.15, -0.1) is 20.4 Å². The molecule has 3 aromatic heterocycles. The van der Waals surface area contributed by atoms with Crippen molar-refractivity contribution in [2.45, 2.75) is 35.2 Å². The highest BCUT2D eigenvalue weighted by Gasteiger charge is 2.15. The van der Waals surface area contributed by atoms with Crippen molar-refractivity contribution in [2.24, 2.45) is 0 Å². The molecule has 0 N–H and O–H groups in total. The first-order valence-corrected chi connectivity index (χ1v) is 9.43. The van der Waals surface area contributed by atoms with Gasteiger partial charge in [-0.25, -0.2) is 0 Å². The number of rotatable bonds is 6. The summed E-state index contributed by atoms with van der Waals surface area (Å²) in [6.45, 7) is 5.87. The highest BCUT2D eigenvalue weighted by Crippen LogP contribution is 2.31.